The number of aryl methyl sites for hydroxylation is 1. The lowest BCUT2D eigenvalue weighted by molar-refractivity contribution is 0.626. The maximum Gasteiger partial charge on any atom is 0.0518 e. The molecule has 1 N–H and O–H groups in total. The minimum Gasteiger partial charge on any atom is -0.311 e. The lowest BCUT2D eigenvalue weighted by atomic mass is 10.2. The zero-order valence-corrected chi connectivity index (χ0v) is 9.63. The largest absolute Gasteiger partial charge is 0.311 e. The average molecular weight is 221 g/mol. The second-order valence-electron chi connectivity index (χ2n) is 3.50. The highest BCUT2D eigenvalue weighted by atomic mass is 32.1. The van der Waals surface area contributed by atoms with E-state index in [9.17, 15) is 0 Å². The molecule has 0 amide bonds. The molecule has 80 valence electrons. The van der Waals surface area contributed by atoms with Crippen LogP contribution in [0.5, 0.6) is 0 Å². The lowest BCUT2D eigenvalue weighted by Gasteiger charge is -2.04. The molecule has 0 aromatic carbocycles. The standard InChI is InChI=1S/C11H15N3S/c1-14-11(3-6-13-14)8-12-5-2-10-4-7-15-9-10/h3-4,6-7,9,12H,2,5,8H2,1H3. The summed E-state index contributed by atoms with van der Waals surface area (Å²) >= 11 is 1.76. The van der Waals surface area contributed by atoms with Crippen LogP contribution in [0.4, 0.5) is 0 Å². The zero-order chi connectivity index (χ0) is 10.5. The molecule has 0 fully saturated rings. The summed E-state index contributed by atoms with van der Waals surface area (Å²) in [6, 6.07) is 4.22. The Balaban J connectivity index is 1.70. The molecule has 0 unspecified atom stereocenters. The second kappa shape index (κ2) is 5.09. The summed E-state index contributed by atoms with van der Waals surface area (Å²) in [5.74, 6) is 0. The number of nitrogens with zero attached hydrogens (tertiary/aromatic N) is 2. The van der Waals surface area contributed by atoms with Crippen molar-refractivity contribution in [2.75, 3.05) is 6.54 Å². The fourth-order valence-corrected chi connectivity index (χ4v) is 2.16. The Kier molecular flexibility index (Phi) is 3.53. The van der Waals surface area contributed by atoms with E-state index in [1.165, 1.54) is 11.3 Å². The predicted octanol–water partition coefficient (Wildman–Crippen LogP) is 1.81. The van der Waals surface area contributed by atoms with Crippen molar-refractivity contribution < 1.29 is 0 Å². The normalized spacial score (nSPS) is 10.7. The van der Waals surface area contributed by atoms with E-state index in [1.54, 1.807) is 11.3 Å². The van der Waals surface area contributed by atoms with Gasteiger partial charge < -0.3 is 5.32 Å². The summed E-state index contributed by atoms with van der Waals surface area (Å²) in [5.41, 5.74) is 2.64. The van der Waals surface area contributed by atoms with Gasteiger partial charge in [-0.05, 0) is 41.4 Å². The van der Waals surface area contributed by atoms with Crippen LogP contribution in [-0.2, 0) is 20.0 Å². The topological polar surface area (TPSA) is 29.9 Å². The van der Waals surface area contributed by atoms with E-state index in [2.05, 4.69) is 27.2 Å². The highest BCUT2D eigenvalue weighted by Crippen LogP contribution is 2.05. The van der Waals surface area contributed by atoms with Crippen LogP contribution in [0.15, 0.2) is 29.1 Å². The summed E-state index contributed by atoms with van der Waals surface area (Å²) in [6.45, 7) is 1.91. The van der Waals surface area contributed by atoms with Crippen molar-refractivity contribution in [2.24, 2.45) is 7.05 Å². The molecule has 3 nitrogen and oxygen atoms in total. The average Bonchev–Trinajstić information content (AvgIpc) is 2.85. The van der Waals surface area contributed by atoms with E-state index >= 15 is 0 Å². The van der Waals surface area contributed by atoms with E-state index in [0.29, 0.717) is 0 Å². The first kappa shape index (κ1) is 10.4. The Morgan fingerprint density at radius 3 is 3.07 bits per heavy atom. The molecule has 0 radical (unpaired) electrons. The van der Waals surface area contributed by atoms with Gasteiger partial charge in [0.05, 0.1) is 5.69 Å². The second-order valence-corrected chi connectivity index (χ2v) is 4.28. The van der Waals surface area contributed by atoms with E-state index in [0.717, 1.165) is 19.5 Å². The van der Waals surface area contributed by atoms with Crippen LogP contribution in [-0.4, -0.2) is 16.3 Å². The first-order valence-electron chi connectivity index (χ1n) is 5.05. The van der Waals surface area contributed by atoms with Crippen LogP contribution in [0.2, 0.25) is 0 Å². The summed E-state index contributed by atoms with van der Waals surface area (Å²) in [4.78, 5) is 0. The van der Waals surface area contributed by atoms with Crippen molar-refractivity contribution in [3.8, 4) is 0 Å². The molecular weight excluding hydrogens is 206 g/mol. The SMILES string of the molecule is Cn1nccc1CNCCc1ccsc1. The molecule has 2 aromatic rings. The summed E-state index contributed by atoms with van der Waals surface area (Å²) in [6.07, 6.45) is 2.93. The molecule has 4 heteroatoms. The van der Waals surface area contributed by atoms with E-state index in [4.69, 9.17) is 0 Å². The van der Waals surface area contributed by atoms with Crippen LogP contribution in [0.25, 0.3) is 0 Å². The summed E-state index contributed by atoms with van der Waals surface area (Å²) < 4.78 is 1.90. The van der Waals surface area contributed by atoms with Gasteiger partial charge in [-0.2, -0.15) is 16.4 Å². The molecule has 2 heterocycles. The summed E-state index contributed by atoms with van der Waals surface area (Å²) in [7, 11) is 1.97. The van der Waals surface area contributed by atoms with Gasteiger partial charge in [-0.3, -0.25) is 4.68 Å². The summed E-state index contributed by atoms with van der Waals surface area (Å²) in [5, 5.41) is 11.9. The Labute approximate surface area is 93.7 Å². The van der Waals surface area contributed by atoms with Gasteiger partial charge in [-0.15, -0.1) is 0 Å². The highest BCUT2D eigenvalue weighted by molar-refractivity contribution is 7.07. The number of hydrogen-bond donors (Lipinski definition) is 1. The van der Waals surface area contributed by atoms with E-state index < -0.39 is 0 Å². The third-order valence-corrected chi connectivity index (χ3v) is 3.13. The first-order valence-corrected chi connectivity index (χ1v) is 5.99. The Hall–Kier alpha value is -1.13. The third-order valence-electron chi connectivity index (χ3n) is 2.40. The predicted molar refractivity (Wildman–Crippen MR) is 62.9 cm³/mol. The van der Waals surface area contributed by atoms with Crippen molar-refractivity contribution >= 4 is 11.3 Å². The zero-order valence-electron chi connectivity index (χ0n) is 8.81. The molecule has 0 aliphatic carbocycles. The highest BCUT2D eigenvalue weighted by Gasteiger charge is 1.97. The first-order chi connectivity index (χ1) is 7.36. The van der Waals surface area contributed by atoms with Crippen LogP contribution < -0.4 is 5.32 Å². The number of thiophene rings is 1. The van der Waals surface area contributed by atoms with Gasteiger partial charge in [0, 0.05) is 19.8 Å². The van der Waals surface area contributed by atoms with Gasteiger partial charge in [0.15, 0.2) is 0 Å². The minimum atomic E-state index is 0.890. The molecule has 0 bridgehead atoms. The smallest absolute Gasteiger partial charge is 0.0518 e. The van der Waals surface area contributed by atoms with Crippen LogP contribution >= 0.6 is 11.3 Å². The number of rotatable bonds is 5. The monoisotopic (exact) mass is 221 g/mol. The van der Waals surface area contributed by atoms with Crippen molar-refractivity contribution in [2.45, 2.75) is 13.0 Å². The number of hydrogen-bond acceptors (Lipinski definition) is 3. The van der Waals surface area contributed by atoms with Crippen molar-refractivity contribution in [3.05, 3.63) is 40.3 Å². The molecule has 0 aliphatic rings. The number of aromatic nitrogens is 2. The molecular formula is C11H15N3S. The van der Waals surface area contributed by atoms with Crippen LogP contribution in [0.1, 0.15) is 11.3 Å². The fraction of sp³-hybridized carbons (Fsp3) is 0.364. The Bertz CT molecular complexity index is 392. The van der Waals surface area contributed by atoms with Gasteiger partial charge in [0.1, 0.15) is 0 Å². The molecule has 0 spiro atoms. The van der Waals surface area contributed by atoms with Gasteiger partial charge in [0.2, 0.25) is 0 Å². The maximum absolute atomic E-state index is 4.12. The van der Waals surface area contributed by atoms with E-state index in [1.807, 2.05) is 24.0 Å². The Morgan fingerprint density at radius 2 is 2.40 bits per heavy atom. The Morgan fingerprint density at radius 1 is 1.47 bits per heavy atom. The van der Waals surface area contributed by atoms with Crippen molar-refractivity contribution in [1.29, 1.82) is 0 Å². The molecule has 15 heavy (non-hydrogen) atoms. The quantitative estimate of drug-likeness (QED) is 0.780. The minimum absolute atomic E-state index is 0.890. The number of nitrogens with one attached hydrogen (secondary N) is 1. The van der Waals surface area contributed by atoms with E-state index in [-0.39, 0.29) is 0 Å². The maximum atomic E-state index is 4.12. The van der Waals surface area contributed by atoms with Crippen molar-refractivity contribution in [3.63, 3.8) is 0 Å². The fourth-order valence-electron chi connectivity index (χ4n) is 1.46. The molecule has 2 aromatic heterocycles. The molecule has 0 atom stereocenters. The molecule has 0 saturated heterocycles. The van der Waals surface area contributed by atoms with Crippen molar-refractivity contribution in [1.82, 2.24) is 15.1 Å². The van der Waals surface area contributed by atoms with Gasteiger partial charge >= 0.3 is 0 Å². The van der Waals surface area contributed by atoms with Crippen LogP contribution in [0.3, 0.4) is 0 Å². The van der Waals surface area contributed by atoms with Gasteiger partial charge in [-0.25, -0.2) is 0 Å². The van der Waals surface area contributed by atoms with Gasteiger partial charge in [-0.1, -0.05) is 0 Å². The molecule has 0 saturated carbocycles. The molecule has 0 aliphatic heterocycles. The lowest BCUT2D eigenvalue weighted by Crippen LogP contribution is -2.18. The molecule has 2 rings (SSSR count). The third kappa shape index (κ3) is 2.91. The van der Waals surface area contributed by atoms with Gasteiger partial charge in [0.25, 0.3) is 0 Å². The van der Waals surface area contributed by atoms with Crippen LogP contribution in [0, 0.1) is 0 Å².